The van der Waals surface area contributed by atoms with E-state index in [1.54, 1.807) is 0 Å². The number of oxime groups is 1. The van der Waals surface area contributed by atoms with Gasteiger partial charge in [-0.25, -0.2) is 0 Å². The molecule has 0 amide bonds. The zero-order chi connectivity index (χ0) is 20.1. The van der Waals surface area contributed by atoms with Crippen LogP contribution in [0.3, 0.4) is 0 Å². The van der Waals surface area contributed by atoms with Gasteiger partial charge in [0.05, 0.1) is 11.3 Å². The molecule has 1 N–H and O–H groups in total. The molecule has 0 saturated heterocycles. The van der Waals surface area contributed by atoms with E-state index in [1.165, 1.54) is 31.4 Å². The lowest BCUT2D eigenvalue weighted by molar-refractivity contribution is -0.116. The van der Waals surface area contributed by atoms with E-state index in [4.69, 9.17) is 4.84 Å². The molecule has 0 bridgehead atoms. The van der Waals surface area contributed by atoms with Crippen molar-refractivity contribution < 1.29 is 14.7 Å². The van der Waals surface area contributed by atoms with Gasteiger partial charge < -0.3 is 9.94 Å². The molecule has 5 heteroatoms. The Hall–Kier alpha value is -0.970. The average Bonchev–Trinajstić information content (AvgIpc) is 2.63. The largest absolute Gasteiger partial charge is 0.511 e. The average molecular weight is 398 g/mol. The van der Waals surface area contributed by atoms with Crippen LogP contribution in [0.1, 0.15) is 91.9 Å². The zero-order valence-electron chi connectivity index (χ0n) is 17.8. The molecule has 0 spiro atoms. The van der Waals surface area contributed by atoms with E-state index >= 15 is 0 Å². The molecule has 4 nitrogen and oxygen atoms in total. The lowest BCUT2D eigenvalue weighted by Crippen LogP contribution is -2.26. The molecule has 1 rings (SSSR count). The second-order valence-electron chi connectivity index (χ2n) is 7.45. The fraction of sp³-hybridized carbons (Fsp3) is 0.818. The van der Waals surface area contributed by atoms with Gasteiger partial charge in [0, 0.05) is 18.1 Å². The maximum absolute atomic E-state index is 12.8. The number of hydrogen-bond donors (Lipinski definition) is 1. The predicted octanol–water partition coefficient (Wildman–Crippen LogP) is 6.45. The maximum Gasteiger partial charge on any atom is 0.168 e. The lowest BCUT2D eigenvalue weighted by Gasteiger charge is -2.27. The molecule has 1 aliphatic rings. The summed E-state index contributed by atoms with van der Waals surface area (Å²) >= 11 is 2.04. The first-order valence-corrected chi connectivity index (χ1v) is 11.9. The Bertz CT molecular complexity index is 502. The van der Waals surface area contributed by atoms with Crippen LogP contribution < -0.4 is 0 Å². The van der Waals surface area contributed by atoms with Crippen LogP contribution in [-0.2, 0) is 9.63 Å². The summed E-state index contributed by atoms with van der Waals surface area (Å²) in [4.78, 5) is 18.0. The molecule has 0 aromatic rings. The van der Waals surface area contributed by atoms with Crippen LogP contribution in [0.2, 0.25) is 0 Å². The fourth-order valence-electron chi connectivity index (χ4n) is 3.53. The highest BCUT2D eigenvalue weighted by Gasteiger charge is 2.32. The minimum atomic E-state index is 0.0344. The van der Waals surface area contributed by atoms with Gasteiger partial charge in [-0.05, 0) is 50.7 Å². The molecule has 0 fully saturated rings. The standard InChI is InChI=1S/C22H39NO3S/c1-5-9-12-19(23-26-8-4)22-20(24)15-17(16-21(22)25)14-18(11-7-3)27-13-10-6-2/h17-18,24H,5-16H2,1-4H3. The van der Waals surface area contributed by atoms with E-state index in [1.807, 2.05) is 18.7 Å². The second-order valence-corrected chi connectivity index (χ2v) is 8.86. The summed E-state index contributed by atoms with van der Waals surface area (Å²) in [6, 6.07) is 0. The van der Waals surface area contributed by atoms with E-state index in [0.29, 0.717) is 42.4 Å². The van der Waals surface area contributed by atoms with Crippen molar-refractivity contribution in [2.45, 2.75) is 97.2 Å². The molecule has 0 heterocycles. The van der Waals surface area contributed by atoms with Crippen LogP contribution in [-0.4, -0.2) is 34.2 Å². The Morgan fingerprint density at radius 2 is 1.93 bits per heavy atom. The van der Waals surface area contributed by atoms with Gasteiger partial charge in [-0.1, -0.05) is 45.2 Å². The van der Waals surface area contributed by atoms with Gasteiger partial charge in [0.15, 0.2) is 5.78 Å². The van der Waals surface area contributed by atoms with Crippen molar-refractivity contribution in [2.24, 2.45) is 11.1 Å². The Morgan fingerprint density at radius 3 is 2.52 bits per heavy atom. The molecule has 2 unspecified atom stereocenters. The van der Waals surface area contributed by atoms with Crippen molar-refractivity contribution in [1.82, 2.24) is 0 Å². The zero-order valence-corrected chi connectivity index (χ0v) is 18.6. The number of unbranched alkanes of at least 4 members (excludes halogenated alkanes) is 2. The molecular weight excluding hydrogens is 358 g/mol. The number of Topliss-reactive ketones (excluding diaryl/α,β-unsaturated/α-hetero) is 1. The van der Waals surface area contributed by atoms with Crippen LogP contribution in [0.4, 0.5) is 0 Å². The number of nitrogens with zero attached hydrogens (tertiary/aromatic N) is 1. The monoisotopic (exact) mass is 397 g/mol. The first-order chi connectivity index (χ1) is 13.1. The van der Waals surface area contributed by atoms with Crippen LogP contribution in [0.25, 0.3) is 0 Å². The fourth-order valence-corrected chi connectivity index (χ4v) is 5.13. The first kappa shape index (κ1) is 24.1. The number of allylic oxidation sites excluding steroid dienone is 2. The van der Waals surface area contributed by atoms with Crippen LogP contribution in [0.5, 0.6) is 0 Å². The molecule has 1 aliphatic carbocycles. The SMILES string of the molecule is CCCCSC(CCC)CC1CC(=O)C(C(CCCC)=NOCC)=C(O)C1. The number of ketones is 1. The van der Waals surface area contributed by atoms with Crippen molar-refractivity contribution in [2.75, 3.05) is 12.4 Å². The number of aliphatic hydroxyl groups excluding tert-OH is 1. The number of rotatable bonds is 14. The summed E-state index contributed by atoms with van der Waals surface area (Å²) in [5.41, 5.74) is 1.06. The molecule has 2 atom stereocenters. The van der Waals surface area contributed by atoms with Crippen LogP contribution in [0, 0.1) is 5.92 Å². The number of thioether (sulfide) groups is 1. The van der Waals surface area contributed by atoms with E-state index in [0.717, 1.165) is 19.3 Å². The molecule has 0 saturated carbocycles. The van der Waals surface area contributed by atoms with Gasteiger partial charge in [0.2, 0.25) is 0 Å². The van der Waals surface area contributed by atoms with Gasteiger partial charge >= 0.3 is 0 Å². The third-order valence-corrected chi connectivity index (χ3v) is 6.37. The minimum Gasteiger partial charge on any atom is -0.511 e. The van der Waals surface area contributed by atoms with Crippen molar-refractivity contribution in [3.63, 3.8) is 0 Å². The molecule has 0 aliphatic heterocycles. The number of carbonyl (C=O) groups excluding carboxylic acids is 1. The number of carbonyl (C=O) groups is 1. The van der Waals surface area contributed by atoms with Crippen LogP contribution >= 0.6 is 11.8 Å². The molecule has 156 valence electrons. The van der Waals surface area contributed by atoms with E-state index < -0.39 is 0 Å². The quantitative estimate of drug-likeness (QED) is 0.208. The maximum atomic E-state index is 12.8. The van der Waals surface area contributed by atoms with E-state index in [-0.39, 0.29) is 17.5 Å². The van der Waals surface area contributed by atoms with Gasteiger partial charge in [-0.2, -0.15) is 11.8 Å². The summed E-state index contributed by atoms with van der Waals surface area (Å²) < 4.78 is 0. The Kier molecular flexibility index (Phi) is 12.6. The van der Waals surface area contributed by atoms with E-state index in [9.17, 15) is 9.90 Å². The van der Waals surface area contributed by atoms with Crippen LogP contribution in [0.15, 0.2) is 16.5 Å². The molecule has 0 aromatic carbocycles. The third kappa shape index (κ3) is 8.71. The Morgan fingerprint density at radius 1 is 1.19 bits per heavy atom. The highest BCUT2D eigenvalue weighted by atomic mass is 32.2. The predicted molar refractivity (Wildman–Crippen MR) is 117 cm³/mol. The molecule has 0 aromatic heterocycles. The summed E-state index contributed by atoms with van der Waals surface area (Å²) in [6.07, 6.45) is 9.58. The van der Waals surface area contributed by atoms with Crippen molar-refractivity contribution in [1.29, 1.82) is 0 Å². The summed E-state index contributed by atoms with van der Waals surface area (Å²) in [7, 11) is 0. The minimum absolute atomic E-state index is 0.0344. The van der Waals surface area contributed by atoms with Gasteiger partial charge in [-0.15, -0.1) is 0 Å². The summed E-state index contributed by atoms with van der Waals surface area (Å²) in [5, 5.41) is 15.4. The van der Waals surface area contributed by atoms with Crippen molar-refractivity contribution in [3.05, 3.63) is 11.3 Å². The van der Waals surface area contributed by atoms with Crippen molar-refractivity contribution in [3.8, 4) is 0 Å². The first-order valence-electron chi connectivity index (χ1n) is 10.8. The number of aliphatic hydroxyl groups is 1. The highest BCUT2D eigenvalue weighted by Crippen LogP contribution is 2.34. The van der Waals surface area contributed by atoms with Gasteiger partial charge in [-0.3, -0.25) is 4.79 Å². The smallest absolute Gasteiger partial charge is 0.168 e. The molecular formula is C22H39NO3S. The third-order valence-electron chi connectivity index (χ3n) is 4.94. The second kappa shape index (κ2) is 14.1. The Labute approximate surface area is 170 Å². The summed E-state index contributed by atoms with van der Waals surface area (Å²) in [5.74, 6) is 1.69. The van der Waals surface area contributed by atoms with E-state index in [2.05, 4.69) is 25.9 Å². The lowest BCUT2D eigenvalue weighted by atomic mass is 9.81. The Balaban J connectivity index is 2.82. The highest BCUT2D eigenvalue weighted by molar-refractivity contribution is 7.99. The van der Waals surface area contributed by atoms with Crippen molar-refractivity contribution >= 4 is 23.3 Å². The molecule has 0 radical (unpaired) electrons. The molecule has 27 heavy (non-hydrogen) atoms. The normalized spacial score (nSPS) is 19.5. The number of hydrogen-bond acceptors (Lipinski definition) is 5. The summed E-state index contributed by atoms with van der Waals surface area (Å²) in [6.45, 7) is 8.89. The van der Waals surface area contributed by atoms with Gasteiger partial charge in [0.25, 0.3) is 0 Å². The topological polar surface area (TPSA) is 58.9 Å². The van der Waals surface area contributed by atoms with Gasteiger partial charge in [0.1, 0.15) is 12.4 Å².